The number of carboxylic acid groups (broad SMARTS) is 1. The molecule has 0 fully saturated rings. The summed E-state index contributed by atoms with van der Waals surface area (Å²) >= 11 is 1.62. The van der Waals surface area contributed by atoms with E-state index in [4.69, 9.17) is 9.84 Å². The number of rotatable bonds is 7. The highest BCUT2D eigenvalue weighted by molar-refractivity contribution is 7.98. The van der Waals surface area contributed by atoms with Crippen LogP contribution in [-0.2, 0) is 9.59 Å². The maximum Gasteiger partial charge on any atom is 0.326 e. The van der Waals surface area contributed by atoms with Crippen molar-refractivity contribution >= 4 is 23.6 Å². The monoisotopic (exact) mass is 311 g/mol. The van der Waals surface area contributed by atoms with Crippen molar-refractivity contribution < 1.29 is 19.4 Å². The Morgan fingerprint density at radius 2 is 1.76 bits per heavy atom. The molecule has 1 rings (SSSR count). The Labute approximate surface area is 129 Å². The van der Waals surface area contributed by atoms with Crippen LogP contribution < -0.4 is 10.1 Å². The molecule has 2 atom stereocenters. The Balaban J connectivity index is 2.63. The van der Waals surface area contributed by atoms with Gasteiger partial charge in [0, 0.05) is 4.90 Å². The van der Waals surface area contributed by atoms with Crippen molar-refractivity contribution in [3.8, 4) is 5.75 Å². The normalized spacial score (nSPS) is 13.6. The van der Waals surface area contributed by atoms with Crippen LogP contribution in [0.4, 0.5) is 0 Å². The van der Waals surface area contributed by atoms with E-state index >= 15 is 0 Å². The zero-order valence-corrected chi connectivity index (χ0v) is 13.4. The fourth-order valence-electron chi connectivity index (χ4n) is 1.70. The molecule has 5 nitrogen and oxygen atoms in total. The first-order chi connectivity index (χ1) is 9.85. The number of ether oxygens (including phenoxy) is 1. The molecule has 1 aromatic carbocycles. The van der Waals surface area contributed by atoms with Crippen molar-refractivity contribution in [2.45, 2.75) is 37.8 Å². The lowest BCUT2D eigenvalue weighted by Gasteiger charge is -2.21. The van der Waals surface area contributed by atoms with E-state index in [0.29, 0.717) is 5.75 Å². The highest BCUT2D eigenvalue weighted by Crippen LogP contribution is 2.19. The van der Waals surface area contributed by atoms with Gasteiger partial charge in [0.2, 0.25) is 0 Å². The number of thioether (sulfide) groups is 1. The zero-order chi connectivity index (χ0) is 16.0. The van der Waals surface area contributed by atoms with Crippen LogP contribution in [0.15, 0.2) is 29.2 Å². The molecule has 1 aromatic rings. The van der Waals surface area contributed by atoms with Crippen molar-refractivity contribution in [3.05, 3.63) is 24.3 Å². The first-order valence-corrected chi connectivity index (χ1v) is 7.91. The van der Waals surface area contributed by atoms with E-state index in [0.717, 1.165) is 4.90 Å². The third-order valence-electron chi connectivity index (χ3n) is 2.97. The second kappa shape index (κ2) is 7.93. The van der Waals surface area contributed by atoms with Crippen LogP contribution in [0.1, 0.15) is 20.8 Å². The van der Waals surface area contributed by atoms with Gasteiger partial charge in [-0.3, -0.25) is 4.79 Å². The molecule has 0 aliphatic heterocycles. The minimum absolute atomic E-state index is 0.195. The number of benzene rings is 1. The average Bonchev–Trinajstić information content (AvgIpc) is 2.44. The number of nitrogens with one attached hydrogen (secondary N) is 1. The van der Waals surface area contributed by atoms with Crippen molar-refractivity contribution in [2.75, 3.05) is 6.26 Å². The van der Waals surface area contributed by atoms with Crippen LogP contribution >= 0.6 is 11.8 Å². The van der Waals surface area contributed by atoms with Gasteiger partial charge in [-0.15, -0.1) is 11.8 Å². The summed E-state index contributed by atoms with van der Waals surface area (Å²) in [6, 6.07) is 6.46. The topological polar surface area (TPSA) is 75.6 Å². The molecule has 0 heterocycles. The number of hydrogen-bond donors (Lipinski definition) is 2. The number of carbonyl (C=O) groups is 2. The van der Waals surface area contributed by atoms with E-state index in [1.165, 1.54) is 0 Å². The molecule has 116 valence electrons. The van der Waals surface area contributed by atoms with E-state index in [1.807, 2.05) is 18.4 Å². The lowest BCUT2D eigenvalue weighted by molar-refractivity contribution is -0.144. The Hall–Kier alpha value is -1.69. The maximum absolute atomic E-state index is 12.0. The molecule has 0 spiro atoms. The third kappa shape index (κ3) is 5.30. The van der Waals surface area contributed by atoms with Crippen LogP contribution in [0.3, 0.4) is 0 Å². The zero-order valence-electron chi connectivity index (χ0n) is 12.6. The fraction of sp³-hybridized carbons (Fsp3) is 0.467. The predicted molar refractivity (Wildman–Crippen MR) is 82.7 cm³/mol. The summed E-state index contributed by atoms with van der Waals surface area (Å²) in [7, 11) is 0. The van der Waals surface area contributed by atoms with Gasteiger partial charge in [0.05, 0.1) is 0 Å². The molecule has 0 bridgehead atoms. The summed E-state index contributed by atoms with van der Waals surface area (Å²) in [5.74, 6) is -1.11. The van der Waals surface area contributed by atoms with Gasteiger partial charge in [-0.1, -0.05) is 13.8 Å². The second-order valence-electron chi connectivity index (χ2n) is 5.00. The first kappa shape index (κ1) is 17.4. The Bertz CT molecular complexity index is 487. The standard InChI is InChI=1S/C15H21NO4S/c1-9(2)13(15(18)19)16-14(17)10(3)20-11-5-7-12(21-4)8-6-11/h5-10,13H,1-4H3,(H,16,17)(H,18,19). The SMILES string of the molecule is CSc1ccc(OC(C)C(=O)NC(C(=O)O)C(C)C)cc1. The molecule has 6 heteroatoms. The summed E-state index contributed by atoms with van der Waals surface area (Å²) in [5, 5.41) is 11.6. The van der Waals surface area contributed by atoms with Crippen molar-refractivity contribution in [1.82, 2.24) is 5.32 Å². The van der Waals surface area contributed by atoms with Crippen molar-refractivity contribution in [1.29, 1.82) is 0 Å². The third-order valence-corrected chi connectivity index (χ3v) is 3.72. The van der Waals surface area contributed by atoms with Crippen LogP contribution in [-0.4, -0.2) is 35.4 Å². The van der Waals surface area contributed by atoms with Crippen molar-refractivity contribution in [2.24, 2.45) is 5.92 Å². The number of amides is 1. The lowest BCUT2D eigenvalue weighted by atomic mass is 10.0. The lowest BCUT2D eigenvalue weighted by Crippen LogP contribution is -2.48. The molecule has 0 aliphatic carbocycles. The molecule has 0 saturated carbocycles. The highest BCUT2D eigenvalue weighted by atomic mass is 32.2. The Morgan fingerprint density at radius 1 is 1.19 bits per heavy atom. The molecule has 0 aliphatic rings. The molecule has 1 amide bonds. The molecule has 21 heavy (non-hydrogen) atoms. The van der Waals surface area contributed by atoms with Gasteiger partial charge in [0.25, 0.3) is 5.91 Å². The van der Waals surface area contributed by atoms with Crippen LogP contribution in [0.25, 0.3) is 0 Å². The molecule has 0 saturated heterocycles. The predicted octanol–water partition coefficient (Wildman–Crippen LogP) is 2.40. The Morgan fingerprint density at radius 3 is 2.19 bits per heavy atom. The van der Waals surface area contributed by atoms with Gasteiger partial charge < -0.3 is 15.2 Å². The summed E-state index contributed by atoms with van der Waals surface area (Å²) in [6.45, 7) is 5.08. The van der Waals surface area contributed by atoms with Gasteiger partial charge >= 0.3 is 5.97 Å². The van der Waals surface area contributed by atoms with E-state index in [9.17, 15) is 9.59 Å². The summed E-state index contributed by atoms with van der Waals surface area (Å²) in [6.07, 6.45) is 1.22. The smallest absolute Gasteiger partial charge is 0.326 e. The largest absolute Gasteiger partial charge is 0.481 e. The van der Waals surface area contributed by atoms with Gasteiger partial charge in [0.15, 0.2) is 6.10 Å². The first-order valence-electron chi connectivity index (χ1n) is 6.69. The maximum atomic E-state index is 12.0. The summed E-state index contributed by atoms with van der Waals surface area (Å²) in [5.41, 5.74) is 0. The van der Waals surface area contributed by atoms with Gasteiger partial charge in [-0.05, 0) is 43.4 Å². The van der Waals surface area contributed by atoms with Gasteiger partial charge in [0.1, 0.15) is 11.8 Å². The van der Waals surface area contributed by atoms with Crippen LogP contribution in [0, 0.1) is 5.92 Å². The molecule has 2 N–H and O–H groups in total. The average molecular weight is 311 g/mol. The van der Waals surface area contributed by atoms with E-state index in [2.05, 4.69) is 5.32 Å². The summed E-state index contributed by atoms with van der Waals surface area (Å²) in [4.78, 5) is 24.2. The number of carboxylic acids is 1. The number of aliphatic carboxylic acids is 1. The van der Waals surface area contributed by atoms with E-state index in [-0.39, 0.29) is 5.92 Å². The molecule has 0 aromatic heterocycles. The van der Waals surface area contributed by atoms with Crippen LogP contribution in [0.5, 0.6) is 5.75 Å². The second-order valence-corrected chi connectivity index (χ2v) is 5.88. The highest BCUT2D eigenvalue weighted by Gasteiger charge is 2.26. The van der Waals surface area contributed by atoms with E-state index in [1.54, 1.807) is 44.7 Å². The minimum atomic E-state index is -1.05. The quantitative estimate of drug-likeness (QED) is 0.756. The number of hydrogen-bond acceptors (Lipinski definition) is 4. The van der Waals surface area contributed by atoms with Crippen molar-refractivity contribution in [3.63, 3.8) is 0 Å². The van der Waals surface area contributed by atoms with Crippen LogP contribution in [0.2, 0.25) is 0 Å². The number of carbonyl (C=O) groups excluding carboxylic acids is 1. The molecular formula is C15H21NO4S. The van der Waals surface area contributed by atoms with Gasteiger partial charge in [-0.2, -0.15) is 0 Å². The minimum Gasteiger partial charge on any atom is -0.481 e. The van der Waals surface area contributed by atoms with E-state index < -0.39 is 24.0 Å². The molecule has 0 radical (unpaired) electrons. The Kier molecular flexibility index (Phi) is 6.55. The molecule has 2 unspecified atom stereocenters. The van der Waals surface area contributed by atoms with Gasteiger partial charge in [-0.25, -0.2) is 4.79 Å². The fourth-order valence-corrected chi connectivity index (χ4v) is 2.10. The summed E-state index contributed by atoms with van der Waals surface area (Å²) < 4.78 is 5.52. The molecular weight excluding hydrogens is 290 g/mol.